The molecule has 64 valence electrons. The minimum atomic E-state index is -3.90. The predicted octanol–water partition coefficient (Wildman–Crippen LogP) is 1.04. The average Bonchev–Trinajstić information content (AvgIpc) is 1.55. The third-order valence-corrected chi connectivity index (χ3v) is 2.25. The van der Waals surface area contributed by atoms with Crippen LogP contribution in [0.5, 0.6) is 0 Å². The molecule has 2 N–H and O–H groups in total. The Balaban J connectivity index is 4.05. The van der Waals surface area contributed by atoms with E-state index in [2.05, 4.69) is 11.5 Å². The SMILES string of the molecule is C[Si](C)(C)C#CCP(=O)(O)O. The first kappa shape index (κ1) is 10.9. The van der Waals surface area contributed by atoms with Crippen LogP contribution in [0, 0.1) is 11.5 Å². The van der Waals surface area contributed by atoms with Crippen LogP contribution >= 0.6 is 7.60 Å². The Morgan fingerprint density at radius 1 is 1.36 bits per heavy atom. The summed E-state index contributed by atoms with van der Waals surface area (Å²) in [5.41, 5.74) is 2.88. The van der Waals surface area contributed by atoms with Crippen LogP contribution in [0.2, 0.25) is 19.6 Å². The van der Waals surface area contributed by atoms with Crippen molar-refractivity contribution < 1.29 is 14.4 Å². The van der Waals surface area contributed by atoms with E-state index in [1.54, 1.807) is 0 Å². The Morgan fingerprint density at radius 3 is 2.09 bits per heavy atom. The molecule has 0 atom stereocenters. The maximum Gasteiger partial charge on any atom is 0.337 e. The Labute approximate surface area is 68.0 Å². The minimum absolute atomic E-state index is 0.308. The standard InChI is InChI=1S/C6H13O3PSi/c1-11(2,3)6-4-5-10(7,8)9/h5H2,1-3H3,(H2,7,8,9). The fourth-order valence-corrected chi connectivity index (χ4v) is 1.46. The molecule has 0 radical (unpaired) electrons. The summed E-state index contributed by atoms with van der Waals surface area (Å²) in [6.07, 6.45) is -0.308. The second-order valence-corrected chi connectivity index (χ2v) is 9.77. The molecule has 0 aromatic heterocycles. The van der Waals surface area contributed by atoms with Gasteiger partial charge in [-0.2, -0.15) is 0 Å². The van der Waals surface area contributed by atoms with Crippen LogP contribution in [0.3, 0.4) is 0 Å². The third-order valence-electron chi connectivity index (χ3n) is 0.748. The number of hydrogen-bond donors (Lipinski definition) is 2. The van der Waals surface area contributed by atoms with Gasteiger partial charge in [-0.05, 0) is 0 Å². The van der Waals surface area contributed by atoms with E-state index in [4.69, 9.17) is 9.79 Å². The van der Waals surface area contributed by atoms with Gasteiger partial charge in [-0.25, -0.2) is 0 Å². The molecule has 0 saturated heterocycles. The van der Waals surface area contributed by atoms with E-state index in [1.807, 2.05) is 19.6 Å². The minimum Gasteiger partial charge on any atom is -0.324 e. The largest absolute Gasteiger partial charge is 0.337 e. The number of rotatable bonds is 1. The smallest absolute Gasteiger partial charge is 0.324 e. The highest BCUT2D eigenvalue weighted by molar-refractivity contribution is 7.52. The van der Waals surface area contributed by atoms with Crippen molar-refractivity contribution in [1.82, 2.24) is 0 Å². The molecule has 0 amide bonds. The van der Waals surface area contributed by atoms with Crippen LogP contribution in [0.1, 0.15) is 0 Å². The number of hydrogen-bond acceptors (Lipinski definition) is 1. The summed E-state index contributed by atoms with van der Waals surface area (Å²) in [6.45, 7) is 6.08. The van der Waals surface area contributed by atoms with Gasteiger partial charge in [0.25, 0.3) is 0 Å². The normalized spacial score (nSPS) is 12.1. The van der Waals surface area contributed by atoms with Gasteiger partial charge in [-0.15, -0.1) is 5.54 Å². The first-order valence-electron chi connectivity index (χ1n) is 3.25. The maximum atomic E-state index is 10.3. The Bertz CT molecular complexity index is 226. The van der Waals surface area contributed by atoms with E-state index in [0.717, 1.165) is 0 Å². The lowest BCUT2D eigenvalue weighted by Crippen LogP contribution is -2.16. The first-order chi connectivity index (χ1) is 4.71. The quantitative estimate of drug-likeness (QED) is 0.371. The van der Waals surface area contributed by atoms with Crippen molar-refractivity contribution in [3.8, 4) is 11.5 Å². The summed E-state index contributed by atoms with van der Waals surface area (Å²) in [5.74, 6) is 2.51. The molecule has 0 heterocycles. The summed E-state index contributed by atoms with van der Waals surface area (Å²) in [5, 5.41) is 0. The van der Waals surface area contributed by atoms with Crippen LogP contribution in [0.25, 0.3) is 0 Å². The monoisotopic (exact) mass is 192 g/mol. The van der Waals surface area contributed by atoms with E-state index >= 15 is 0 Å². The maximum absolute atomic E-state index is 10.3. The molecule has 0 rings (SSSR count). The molecule has 0 aliphatic carbocycles. The summed E-state index contributed by atoms with van der Waals surface area (Å²) in [7, 11) is -5.36. The van der Waals surface area contributed by atoms with Crippen LogP contribution < -0.4 is 0 Å². The van der Waals surface area contributed by atoms with Gasteiger partial charge in [-0.3, -0.25) is 4.57 Å². The van der Waals surface area contributed by atoms with Gasteiger partial charge in [-0.1, -0.05) is 25.6 Å². The van der Waals surface area contributed by atoms with Crippen LogP contribution in [0.4, 0.5) is 0 Å². The van der Waals surface area contributed by atoms with Crippen LogP contribution in [-0.2, 0) is 4.57 Å². The molecule has 0 bridgehead atoms. The van der Waals surface area contributed by atoms with E-state index in [1.165, 1.54) is 0 Å². The van der Waals surface area contributed by atoms with Gasteiger partial charge in [0, 0.05) is 0 Å². The molecular formula is C6H13O3PSi. The third kappa shape index (κ3) is 9.93. The van der Waals surface area contributed by atoms with Crippen molar-refractivity contribution in [2.24, 2.45) is 0 Å². The second kappa shape index (κ2) is 3.55. The van der Waals surface area contributed by atoms with Crippen molar-refractivity contribution >= 4 is 15.7 Å². The van der Waals surface area contributed by atoms with Gasteiger partial charge < -0.3 is 9.79 Å². The highest BCUT2D eigenvalue weighted by atomic mass is 31.2. The highest BCUT2D eigenvalue weighted by Gasteiger charge is 2.11. The Hall–Kier alpha value is -0.0731. The fraction of sp³-hybridized carbons (Fsp3) is 0.667. The lowest BCUT2D eigenvalue weighted by molar-refractivity contribution is 0.377. The Morgan fingerprint density at radius 2 is 1.82 bits per heavy atom. The second-order valence-electron chi connectivity index (χ2n) is 3.37. The summed E-state index contributed by atoms with van der Waals surface area (Å²) >= 11 is 0. The average molecular weight is 192 g/mol. The summed E-state index contributed by atoms with van der Waals surface area (Å²) < 4.78 is 10.3. The van der Waals surface area contributed by atoms with Crippen molar-refractivity contribution in [2.45, 2.75) is 19.6 Å². The van der Waals surface area contributed by atoms with E-state index < -0.39 is 15.7 Å². The Kier molecular flexibility index (Phi) is 3.53. The van der Waals surface area contributed by atoms with Gasteiger partial charge in [0.2, 0.25) is 0 Å². The molecule has 0 aromatic rings. The molecule has 0 aliphatic rings. The summed E-state index contributed by atoms with van der Waals surface area (Å²) in [6, 6.07) is 0. The van der Waals surface area contributed by atoms with E-state index in [0.29, 0.717) is 0 Å². The van der Waals surface area contributed by atoms with Gasteiger partial charge in [0.05, 0.1) is 0 Å². The summed E-state index contributed by atoms with van der Waals surface area (Å²) in [4.78, 5) is 16.9. The molecular weight excluding hydrogens is 179 g/mol. The van der Waals surface area contributed by atoms with Crippen LogP contribution in [-0.4, -0.2) is 24.0 Å². The van der Waals surface area contributed by atoms with Gasteiger partial charge >= 0.3 is 7.60 Å². The lowest BCUT2D eigenvalue weighted by atomic mass is 10.8. The molecule has 0 spiro atoms. The van der Waals surface area contributed by atoms with E-state index in [9.17, 15) is 4.57 Å². The van der Waals surface area contributed by atoms with Crippen molar-refractivity contribution in [3.05, 3.63) is 0 Å². The lowest BCUT2D eigenvalue weighted by Gasteiger charge is -2.03. The zero-order chi connectivity index (χ0) is 9.12. The zero-order valence-corrected chi connectivity index (χ0v) is 8.85. The van der Waals surface area contributed by atoms with Crippen molar-refractivity contribution in [1.29, 1.82) is 0 Å². The van der Waals surface area contributed by atoms with E-state index in [-0.39, 0.29) is 6.16 Å². The van der Waals surface area contributed by atoms with Crippen molar-refractivity contribution in [2.75, 3.05) is 6.16 Å². The molecule has 0 aliphatic heterocycles. The molecule has 3 nitrogen and oxygen atoms in total. The predicted molar refractivity (Wildman–Crippen MR) is 48.0 cm³/mol. The van der Waals surface area contributed by atoms with Crippen molar-refractivity contribution in [3.63, 3.8) is 0 Å². The molecule has 0 fully saturated rings. The van der Waals surface area contributed by atoms with Crippen LogP contribution in [0.15, 0.2) is 0 Å². The zero-order valence-electron chi connectivity index (χ0n) is 6.96. The fourth-order valence-electron chi connectivity index (χ4n) is 0.408. The molecule has 0 saturated carbocycles. The van der Waals surface area contributed by atoms with Gasteiger partial charge in [0.15, 0.2) is 0 Å². The first-order valence-corrected chi connectivity index (χ1v) is 8.55. The molecule has 0 aromatic carbocycles. The van der Waals surface area contributed by atoms with Gasteiger partial charge in [0.1, 0.15) is 14.2 Å². The topological polar surface area (TPSA) is 57.5 Å². The highest BCUT2D eigenvalue weighted by Crippen LogP contribution is 2.32. The molecule has 0 unspecified atom stereocenters. The molecule has 11 heavy (non-hydrogen) atoms. The molecule has 5 heteroatoms.